The lowest BCUT2D eigenvalue weighted by Gasteiger charge is -2.08. The van der Waals surface area contributed by atoms with E-state index in [-0.39, 0.29) is 0 Å². The molecular formula is C7H11BN2O4S. The van der Waals surface area contributed by atoms with Crippen LogP contribution in [0.25, 0.3) is 0 Å². The normalized spacial score (nSPS) is 11.1. The Bertz CT molecular complexity index is 395. The van der Waals surface area contributed by atoms with Crippen LogP contribution in [0.4, 0.5) is 5.69 Å². The molecule has 15 heavy (non-hydrogen) atoms. The fraction of sp³-hybridized carbons (Fsp3) is 0.143. The number of rotatable bonds is 5. The van der Waals surface area contributed by atoms with E-state index in [1.165, 1.54) is 0 Å². The molecule has 0 fully saturated rings. The first-order valence-electron chi connectivity index (χ1n) is 4.18. The van der Waals surface area contributed by atoms with Gasteiger partial charge in [0.2, 0.25) is 0 Å². The van der Waals surface area contributed by atoms with Gasteiger partial charge in [-0.1, -0.05) is 18.2 Å². The van der Waals surface area contributed by atoms with Gasteiger partial charge in [0, 0.05) is 12.1 Å². The van der Waals surface area contributed by atoms with Crippen molar-refractivity contribution in [1.82, 2.24) is 4.72 Å². The Morgan fingerprint density at radius 3 is 2.33 bits per heavy atom. The maximum Gasteiger partial charge on any atom is 0.467 e. The van der Waals surface area contributed by atoms with Gasteiger partial charge >= 0.3 is 7.12 Å². The van der Waals surface area contributed by atoms with Crippen molar-refractivity contribution >= 4 is 23.0 Å². The summed E-state index contributed by atoms with van der Waals surface area (Å²) in [5.41, 5.74) is 0.400. The molecule has 0 amide bonds. The van der Waals surface area contributed by atoms with E-state index >= 15 is 0 Å². The average molecular weight is 230 g/mol. The molecule has 8 heteroatoms. The zero-order valence-electron chi connectivity index (χ0n) is 7.79. The standard InChI is InChI=1S/C7H11BN2O4S/c11-8(12)6-9-15(13,14)10-7-4-2-1-3-5-7/h1-5,9-12H,6H2. The van der Waals surface area contributed by atoms with Crippen LogP contribution in [-0.2, 0) is 10.2 Å². The van der Waals surface area contributed by atoms with Crippen molar-refractivity contribution in [3.63, 3.8) is 0 Å². The van der Waals surface area contributed by atoms with Gasteiger partial charge in [-0.25, -0.2) is 0 Å². The third-order valence-corrected chi connectivity index (χ3v) is 2.53. The minimum Gasteiger partial charge on any atom is -0.426 e. The van der Waals surface area contributed by atoms with Crippen molar-refractivity contribution < 1.29 is 18.5 Å². The molecule has 0 spiro atoms. The summed E-state index contributed by atoms with van der Waals surface area (Å²) in [6.45, 7) is 0. The first-order valence-corrected chi connectivity index (χ1v) is 5.66. The summed E-state index contributed by atoms with van der Waals surface area (Å²) in [6.07, 6.45) is -0.456. The Morgan fingerprint density at radius 1 is 1.20 bits per heavy atom. The second-order valence-electron chi connectivity index (χ2n) is 2.80. The molecule has 0 radical (unpaired) electrons. The van der Waals surface area contributed by atoms with Gasteiger partial charge in [0.05, 0.1) is 0 Å². The van der Waals surface area contributed by atoms with Crippen molar-refractivity contribution in [3.8, 4) is 0 Å². The van der Waals surface area contributed by atoms with E-state index in [4.69, 9.17) is 10.0 Å². The molecule has 1 rings (SSSR count). The Hall–Kier alpha value is -1.09. The van der Waals surface area contributed by atoms with E-state index in [1.807, 2.05) is 4.72 Å². The van der Waals surface area contributed by atoms with Gasteiger partial charge in [0.15, 0.2) is 0 Å². The van der Waals surface area contributed by atoms with Crippen molar-refractivity contribution in [1.29, 1.82) is 0 Å². The maximum atomic E-state index is 11.3. The molecule has 0 aromatic heterocycles. The lowest BCUT2D eigenvalue weighted by molar-refractivity contribution is 0.404. The van der Waals surface area contributed by atoms with Crippen molar-refractivity contribution in [2.24, 2.45) is 0 Å². The number of hydrogen-bond acceptors (Lipinski definition) is 4. The molecular weight excluding hydrogens is 219 g/mol. The van der Waals surface area contributed by atoms with E-state index < -0.39 is 23.8 Å². The van der Waals surface area contributed by atoms with Crippen molar-refractivity contribution in [2.45, 2.75) is 0 Å². The average Bonchev–Trinajstić information content (AvgIpc) is 2.16. The van der Waals surface area contributed by atoms with Crippen LogP contribution in [-0.4, -0.2) is 32.0 Å². The third kappa shape index (κ3) is 4.79. The second kappa shape index (κ2) is 5.12. The molecule has 0 atom stereocenters. The van der Waals surface area contributed by atoms with E-state index in [2.05, 4.69) is 4.72 Å². The summed E-state index contributed by atoms with van der Waals surface area (Å²) in [4.78, 5) is 0. The van der Waals surface area contributed by atoms with Gasteiger partial charge < -0.3 is 10.0 Å². The van der Waals surface area contributed by atoms with E-state index in [9.17, 15) is 8.42 Å². The highest BCUT2D eigenvalue weighted by Gasteiger charge is 2.14. The molecule has 0 bridgehead atoms. The van der Waals surface area contributed by atoms with Gasteiger partial charge in [-0.15, -0.1) is 0 Å². The molecule has 1 aromatic rings. The summed E-state index contributed by atoms with van der Waals surface area (Å²) in [5.74, 6) is 0. The number of nitrogens with one attached hydrogen (secondary N) is 2. The van der Waals surface area contributed by atoms with Crippen LogP contribution in [0.3, 0.4) is 0 Å². The van der Waals surface area contributed by atoms with Gasteiger partial charge in [-0.3, -0.25) is 4.72 Å². The Balaban J connectivity index is 2.57. The molecule has 0 aliphatic heterocycles. The molecule has 0 unspecified atom stereocenters. The Labute approximate surface area is 88.3 Å². The van der Waals surface area contributed by atoms with Crippen molar-refractivity contribution in [2.75, 3.05) is 11.2 Å². The van der Waals surface area contributed by atoms with Gasteiger partial charge in [-0.05, 0) is 12.1 Å². The minimum atomic E-state index is -3.75. The Kier molecular flexibility index (Phi) is 4.10. The zero-order chi connectivity index (χ0) is 11.3. The first-order chi connectivity index (χ1) is 6.99. The topological polar surface area (TPSA) is 98.7 Å². The van der Waals surface area contributed by atoms with E-state index in [1.54, 1.807) is 30.3 Å². The van der Waals surface area contributed by atoms with Gasteiger partial charge in [0.1, 0.15) is 0 Å². The minimum absolute atomic E-state index is 0.400. The number of anilines is 1. The van der Waals surface area contributed by atoms with Crippen LogP contribution in [0.2, 0.25) is 0 Å². The molecule has 82 valence electrons. The summed E-state index contributed by atoms with van der Waals surface area (Å²) < 4.78 is 26.7. The van der Waals surface area contributed by atoms with Crippen LogP contribution in [0.15, 0.2) is 30.3 Å². The molecule has 0 aliphatic carbocycles. The van der Waals surface area contributed by atoms with Gasteiger partial charge in [-0.2, -0.15) is 13.1 Å². The number of para-hydroxylation sites is 1. The molecule has 1 aromatic carbocycles. The Morgan fingerprint density at radius 2 is 1.80 bits per heavy atom. The molecule has 6 nitrogen and oxygen atoms in total. The van der Waals surface area contributed by atoms with Crippen LogP contribution < -0.4 is 9.44 Å². The number of benzene rings is 1. The summed E-state index contributed by atoms with van der Waals surface area (Å²) in [6, 6.07) is 8.27. The van der Waals surface area contributed by atoms with Crippen LogP contribution in [0, 0.1) is 0 Å². The predicted octanol–water partition coefficient (Wildman–Crippen LogP) is -1.06. The monoisotopic (exact) mass is 230 g/mol. The lowest BCUT2D eigenvalue weighted by atomic mass is 9.94. The fourth-order valence-corrected chi connectivity index (χ4v) is 1.77. The SMILES string of the molecule is O=S(=O)(NCB(O)O)Nc1ccccc1. The molecule has 4 N–H and O–H groups in total. The lowest BCUT2D eigenvalue weighted by Crippen LogP contribution is -2.38. The van der Waals surface area contributed by atoms with E-state index in [0.29, 0.717) is 5.69 Å². The van der Waals surface area contributed by atoms with Crippen LogP contribution in [0.5, 0.6) is 0 Å². The highest BCUT2D eigenvalue weighted by Crippen LogP contribution is 2.06. The first kappa shape index (κ1) is 12.0. The predicted molar refractivity (Wildman–Crippen MR) is 57.2 cm³/mol. The molecule has 0 heterocycles. The molecule has 0 saturated carbocycles. The largest absolute Gasteiger partial charge is 0.467 e. The van der Waals surface area contributed by atoms with Crippen LogP contribution >= 0.6 is 0 Å². The highest BCUT2D eigenvalue weighted by atomic mass is 32.2. The maximum absolute atomic E-state index is 11.3. The quantitative estimate of drug-likeness (QED) is 0.485. The summed E-state index contributed by atoms with van der Waals surface area (Å²) in [5, 5.41) is 17.0. The summed E-state index contributed by atoms with van der Waals surface area (Å²) >= 11 is 0. The fourth-order valence-electron chi connectivity index (χ4n) is 0.882. The second-order valence-corrected chi connectivity index (χ2v) is 4.30. The zero-order valence-corrected chi connectivity index (χ0v) is 8.61. The van der Waals surface area contributed by atoms with Crippen LogP contribution in [0.1, 0.15) is 0 Å². The highest BCUT2D eigenvalue weighted by molar-refractivity contribution is 7.90. The van der Waals surface area contributed by atoms with E-state index in [0.717, 1.165) is 0 Å². The smallest absolute Gasteiger partial charge is 0.426 e. The van der Waals surface area contributed by atoms with Gasteiger partial charge in [0.25, 0.3) is 10.2 Å². The number of hydrogen-bond donors (Lipinski definition) is 4. The third-order valence-electron chi connectivity index (χ3n) is 1.48. The molecule has 0 aliphatic rings. The molecule has 0 saturated heterocycles. The van der Waals surface area contributed by atoms with Crippen molar-refractivity contribution in [3.05, 3.63) is 30.3 Å². The summed E-state index contributed by atoms with van der Waals surface area (Å²) in [7, 11) is -5.46.